The Bertz CT molecular complexity index is 559. The van der Waals surface area contributed by atoms with E-state index < -0.39 is 6.10 Å². The molecule has 2 rings (SSSR count). The van der Waals surface area contributed by atoms with Gasteiger partial charge in [-0.25, -0.2) is 4.39 Å². The molecule has 0 heterocycles. The van der Waals surface area contributed by atoms with Gasteiger partial charge in [0.05, 0.1) is 6.10 Å². The number of hydrogen-bond donors (Lipinski definition) is 1. The van der Waals surface area contributed by atoms with Gasteiger partial charge in [-0.05, 0) is 64.0 Å². The lowest BCUT2D eigenvalue weighted by molar-refractivity contribution is 0.178. The maximum absolute atomic E-state index is 13.2. The summed E-state index contributed by atoms with van der Waals surface area (Å²) in [7, 11) is 0. The van der Waals surface area contributed by atoms with Crippen molar-refractivity contribution in [2.75, 3.05) is 0 Å². The van der Waals surface area contributed by atoms with Crippen LogP contribution in [0.4, 0.5) is 4.39 Å². The molecule has 0 radical (unpaired) electrons. The maximum atomic E-state index is 13.2. The first-order chi connectivity index (χ1) is 8.56. The average Bonchev–Trinajstić information content (AvgIpc) is 2.34. The standard InChI is InChI=1S/C14H11BrFIO/c15-13-5-4-11(16)6-10(13)8-14(18)9-2-1-3-12(17)7-9/h1-7,14,18H,8H2. The SMILES string of the molecule is OC(Cc1cc(F)ccc1Br)c1cccc(I)c1. The number of aliphatic hydroxyl groups is 1. The molecule has 1 unspecified atom stereocenters. The largest absolute Gasteiger partial charge is 0.388 e. The van der Waals surface area contributed by atoms with Crippen molar-refractivity contribution in [2.24, 2.45) is 0 Å². The van der Waals surface area contributed by atoms with Crippen LogP contribution < -0.4 is 0 Å². The van der Waals surface area contributed by atoms with E-state index in [1.807, 2.05) is 24.3 Å². The van der Waals surface area contributed by atoms with Crippen molar-refractivity contribution >= 4 is 38.5 Å². The number of hydrogen-bond acceptors (Lipinski definition) is 1. The fraction of sp³-hybridized carbons (Fsp3) is 0.143. The Balaban J connectivity index is 2.21. The number of halogens is 3. The van der Waals surface area contributed by atoms with Crippen LogP contribution in [-0.4, -0.2) is 5.11 Å². The minimum absolute atomic E-state index is 0.289. The summed E-state index contributed by atoms with van der Waals surface area (Å²) in [6.45, 7) is 0. The van der Waals surface area contributed by atoms with Crippen molar-refractivity contribution in [1.82, 2.24) is 0 Å². The quantitative estimate of drug-likeness (QED) is 0.726. The summed E-state index contributed by atoms with van der Waals surface area (Å²) in [5, 5.41) is 10.2. The van der Waals surface area contributed by atoms with Crippen LogP contribution in [0.1, 0.15) is 17.2 Å². The van der Waals surface area contributed by atoms with Gasteiger partial charge in [0, 0.05) is 14.5 Å². The Morgan fingerprint density at radius 1 is 1.22 bits per heavy atom. The molecule has 1 nitrogen and oxygen atoms in total. The molecule has 0 fully saturated rings. The van der Waals surface area contributed by atoms with Crippen LogP contribution in [0.3, 0.4) is 0 Å². The van der Waals surface area contributed by atoms with Crippen molar-refractivity contribution in [1.29, 1.82) is 0 Å². The molecule has 0 aliphatic rings. The molecule has 2 aromatic carbocycles. The highest BCUT2D eigenvalue weighted by atomic mass is 127. The van der Waals surface area contributed by atoms with E-state index in [1.54, 1.807) is 6.07 Å². The van der Waals surface area contributed by atoms with E-state index in [-0.39, 0.29) is 5.82 Å². The number of benzene rings is 2. The third-order valence-electron chi connectivity index (χ3n) is 2.65. The van der Waals surface area contributed by atoms with Gasteiger partial charge in [-0.2, -0.15) is 0 Å². The van der Waals surface area contributed by atoms with Crippen molar-refractivity contribution in [2.45, 2.75) is 12.5 Å². The van der Waals surface area contributed by atoms with Crippen molar-refractivity contribution in [3.8, 4) is 0 Å². The second kappa shape index (κ2) is 6.12. The molecule has 0 amide bonds. The predicted molar refractivity (Wildman–Crippen MR) is 81.9 cm³/mol. The Kier molecular flexibility index (Phi) is 4.75. The molecule has 1 N–H and O–H groups in total. The Hall–Kier alpha value is -0.460. The average molecular weight is 421 g/mol. The normalized spacial score (nSPS) is 12.4. The van der Waals surface area contributed by atoms with Gasteiger partial charge in [0.1, 0.15) is 5.82 Å². The maximum Gasteiger partial charge on any atom is 0.123 e. The lowest BCUT2D eigenvalue weighted by atomic mass is 10.0. The van der Waals surface area contributed by atoms with E-state index in [9.17, 15) is 9.50 Å². The second-order valence-corrected chi connectivity index (χ2v) is 6.11. The second-order valence-electron chi connectivity index (χ2n) is 4.01. The summed E-state index contributed by atoms with van der Waals surface area (Å²) < 4.78 is 15.0. The lowest BCUT2D eigenvalue weighted by Crippen LogP contribution is -2.03. The zero-order chi connectivity index (χ0) is 13.1. The molecule has 0 bridgehead atoms. The summed E-state index contributed by atoms with van der Waals surface area (Å²) in [5.41, 5.74) is 1.61. The van der Waals surface area contributed by atoms with E-state index in [4.69, 9.17) is 0 Å². The Labute approximate surface area is 127 Å². The van der Waals surface area contributed by atoms with Crippen LogP contribution in [0.2, 0.25) is 0 Å². The summed E-state index contributed by atoms with van der Waals surface area (Å²) in [6.07, 6.45) is -0.240. The summed E-state index contributed by atoms with van der Waals surface area (Å²) in [6, 6.07) is 12.2. The van der Waals surface area contributed by atoms with Crippen LogP contribution >= 0.6 is 38.5 Å². The first-order valence-electron chi connectivity index (χ1n) is 5.44. The molecule has 2 aromatic rings. The van der Waals surface area contributed by atoms with Crippen LogP contribution in [-0.2, 0) is 6.42 Å². The van der Waals surface area contributed by atoms with Crippen LogP contribution in [0.15, 0.2) is 46.9 Å². The van der Waals surface area contributed by atoms with Crippen LogP contribution in [0.25, 0.3) is 0 Å². The molecule has 4 heteroatoms. The van der Waals surface area contributed by atoms with Crippen LogP contribution in [0.5, 0.6) is 0 Å². The topological polar surface area (TPSA) is 20.2 Å². The van der Waals surface area contributed by atoms with Crippen molar-refractivity contribution in [3.05, 3.63) is 67.5 Å². The van der Waals surface area contributed by atoms with Gasteiger partial charge in [-0.15, -0.1) is 0 Å². The van der Waals surface area contributed by atoms with Gasteiger partial charge in [-0.1, -0.05) is 28.1 Å². The van der Waals surface area contributed by atoms with Crippen molar-refractivity contribution < 1.29 is 9.50 Å². The Morgan fingerprint density at radius 3 is 2.72 bits per heavy atom. The monoisotopic (exact) mass is 420 g/mol. The smallest absolute Gasteiger partial charge is 0.123 e. The molecule has 0 aromatic heterocycles. The fourth-order valence-electron chi connectivity index (χ4n) is 1.74. The first-order valence-corrected chi connectivity index (χ1v) is 7.31. The molecule has 1 atom stereocenters. The minimum atomic E-state index is -0.627. The zero-order valence-corrected chi connectivity index (χ0v) is 13.2. The molecule has 0 saturated carbocycles. The van der Waals surface area contributed by atoms with Gasteiger partial charge in [0.2, 0.25) is 0 Å². The molecule has 0 saturated heterocycles. The third-order valence-corrected chi connectivity index (χ3v) is 4.10. The molecule has 0 aliphatic heterocycles. The van der Waals surface area contributed by atoms with E-state index in [0.29, 0.717) is 6.42 Å². The van der Waals surface area contributed by atoms with E-state index in [1.165, 1.54) is 12.1 Å². The highest BCUT2D eigenvalue weighted by Gasteiger charge is 2.11. The highest BCUT2D eigenvalue weighted by Crippen LogP contribution is 2.25. The minimum Gasteiger partial charge on any atom is -0.388 e. The summed E-state index contributed by atoms with van der Waals surface area (Å²) in [4.78, 5) is 0. The van der Waals surface area contributed by atoms with Crippen molar-refractivity contribution in [3.63, 3.8) is 0 Å². The van der Waals surface area contributed by atoms with Gasteiger partial charge < -0.3 is 5.11 Å². The summed E-state index contributed by atoms with van der Waals surface area (Å²) in [5.74, 6) is -0.289. The summed E-state index contributed by atoms with van der Waals surface area (Å²) >= 11 is 5.57. The Morgan fingerprint density at radius 2 is 2.00 bits per heavy atom. The van der Waals surface area contributed by atoms with E-state index >= 15 is 0 Å². The highest BCUT2D eigenvalue weighted by molar-refractivity contribution is 14.1. The first kappa shape index (κ1) is 14.0. The van der Waals surface area contributed by atoms with E-state index in [2.05, 4.69) is 38.5 Å². The third kappa shape index (κ3) is 3.52. The fourth-order valence-corrected chi connectivity index (χ4v) is 2.72. The predicted octanol–water partition coefficient (Wildman–Crippen LogP) is 4.47. The molecule has 0 spiro atoms. The molecule has 0 aliphatic carbocycles. The van der Waals surface area contributed by atoms with Crippen LogP contribution in [0, 0.1) is 9.39 Å². The lowest BCUT2D eigenvalue weighted by Gasteiger charge is -2.12. The van der Waals surface area contributed by atoms with Gasteiger partial charge in [0.15, 0.2) is 0 Å². The number of aliphatic hydroxyl groups excluding tert-OH is 1. The number of rotatable bonds is 3. The molecule has 94 valence electrons. The molecular weight excluding hydrogens is 410 g/mol. The van der Waals surface area contributed by atoms with Gasteiger partial charge >= 0.3 is 0 Å². The van der Waals surface area contributed by atoms with E-state index in [0.717, 1.165) is 19.2 Å². The zero-order valence-electron chi connectivity index (χ0n) is 9.41. The molecular formula is C14H11BrFIO. The van der Waals surface area contributed by atoms with Gasteiger partial charge in [0.25, 0.3) is 0 Å². The van der Waals surface area contributed by atoms with Gasteiger partial charge in [-0.3, -0.25) is 0 Å². The molecule has 18 heavy (non-hydrogen) atoms.